The predicted molar refractivity (Wildman–Crippen MR) is 67.6 cm³/mol. The fourth-order valence-corrected chi connectivity index (χ4v) is 3.01. The van der Waals surface area contributed by atoms with Crippen molar-refractivity contribution >= 4 is 28.6 Å². The first-order valence-corrected chi connectivity index (χ1v) is 7.07. The standard InChI is InChI=1S/C11H16F3IO3/c1-2-17-10(16)7-5-8(15)9(6-7)18-4-3-11(12,13)14/h7-9H,2-6H2,1H3. The van der Waals surface area contributed by atoms with Gasteiger partial charge in [-0.25, -0.2) is 0 Å². The van der Waals surface area contributed by atoms with Crippen LogP contribution < -0.4 is 0 Å². The number of alkyl halides is 4. The lowest BCUT2D eigenvalue weighted by atomic mass is 10.1. The Labute approximate surface area is 118 Å². The molecule has 3 nitrogen and oxygen atoms in total. The van der Waals surface area contributed by atoms with Crippen LogP contribution in [0.1, 0.15) is 26.2 Å². The second-order valence-electron chi connectivity index (χ2n) is 4.21. The van der Waals surface area contributed by atoms with Gasteiger partial charge < -0.3 is 9.47 Å². The maximum absolute atomic E-state index is 12.0. The molecule has 0 aromatic carbocycles. The van der Waals surface area contributed by atoms with E-state index in [4.69, 9.17) is 9.47 Å². The highest BCUT2D eigenvalue weighted by atomic mass is 127. The molecule has 0 saturated heterocycles. The average molecular weight is 380 g/mol. The molecule has 0 spiro atoms. The number of carbonyl (C=O) groups is 1. The Morgan fingerprint density at radius 2 is 2.06 bits per heavy atom. The molecule has 106 valence electrons. The van der Waals surface area contributed by atoms with Gasteiger partial charge in [-0.1, -0.05) is 22.6 Å². The summed E-state index contributed by atoms with van der Waals surface area (Å²) < 4.78 is 46.1. The van der Waals surface area contributed by atoms with Crippen LogP contribution in [0.15, 0.2) is 0 Å². The van der Waals surface area contributed by atoms with Gasteiger partial charge in [0.15, 0.2) is 0 Å². The molecule has 0 radical (unpaired) electrons. The van der Waals surface area contributed by atoms with E-state index in [0.717, 1.165) is 0 Å². The first-order valence-electron chi connectivity index (χ1n) is 5.82. The van der Waals surface area contributed by atoms with Crippen molar-refractivity contribution in [2.45, 2.75) is 42.4 Å². The zero-order chi connectivity index (χ0) is 13.8. The van der Waals surface area contributed by atoms with Crippen molar-refractivity contribution in [2.75, 3.05) is 13.2 Å². The van der Waals surface area contributed by atoms with Crippen LogP contribution in [0.3, 0.4) is 0 Å². The number of ether oxygens (including phenoxy) is 2. The minimum absolute atomic E-state index is 0.0604. The lowest BCUT2D eigenvalue weighted by molar-refractivity contribution is -0.151. The molecule has 7 heteroatoms. The van der Waals surface area contributed by atoms with Gasteiger partial charge >= 0.3 is 12.1 Å². The Bertz CT molecular complexity index is 283. The monoisotopic (exact) mass is 380 g/mol. The van der Waals surface area contributed by atoms with Crippen molar-refractivity contribution in [1.82, 2.24) is 0 Å². The van der Waals surface area contributed by atoms with E-state index in [-0.39, 0.29) is 28.5 Å². The smallest absolute Gasteiger partial charge is 0.391 e. The molecule has 0 aromatic rings. The molecule has 0 amide bonds. The van der Waals surface area contributed by atoms with Crippen molar-refractivity contribution < 1.29 is 27.4 Å². The summed E-state index contributed by atoms with van der Waals surface area (Å²) in [5, 5.41) is 0. The number of halogens is 4. The molecule has 1 aliphatic carbocycles. The van der Waals surface area contributed by atoms with Crippen LogP contribution >= 0.6 is 22.6 Å². The third-order valence-electron chi connectivity index (χ3n) is 2.77. The van der Waals surface area contributed by atoms with Crippen LogP contribution in [0.2, 0.25) is 0 Å². The molecular weight excluding hydrogens is 364 g/mol. The molecule has 0 N–H and O–H groups in total. The van der Waals surface area contributed by atoms with Crippen molar-refractivity contribution in [1.29, 1.82) is 0 Å². The van der Waals surface area contributed by atoms with Crippen LogP contribution in [0.4, 0.5) is 13.2 Å². The van der Waals surface area contributed by atoms with Gasteiger partial charge in [0.05, 0.1) is 31.7 Å². The van der Waals surface area contributed by atoms with E-state index in [0.29, 0.717) is 19.4 Å². The summed E-state index contributed by atoms with van der Waals surface area (Å²) in [6.45, 7) is 1.70. The summed E-state index contributed by atoms with van der Waals surface area (Å²) >= 11 is 2.12. The minimum Gasteiger partial charge on any atom is -0.466 e. The van der Waals surface area contributed by atoms with Crippen molar-refractivity contribution in [3.05, 3.63) is 0 Å². The van der Waals surface area contributed by atoms with Gasteiger partial charge in [0, 0.05) is 3.92 Å². The van der Waals surface area contributed by atoms with Crippen LogP contribution in [-0.2, 0) is 14.3 Å². The van der Waals surface area contributed by atoms with Gasteiger partial charge in [0.25, 0.3) is 0 Å². The molecule has 0 bridgehead atoms. The van der Waals surface area contributed by atoms with Crippen LogP contribution in [0, 0.1) is 5.92 Å². The summed E-state index contributed by atoms with van der Waals surface area (Å²) in [4.78, 5) is 11.5. The Kier molecular flexibility index (Phi) is 6.16. The lowest BCUT2D eigenvalue weighted by Crippen LogP contribution is -2.21. The maximum atomic E-state index is 12.0. The van der Waals surface area contributed by atoms with Gasteiger partial charge in [-0.2, -0.15) is 13.2 Å². The van der Waals surface area contributed by atoms with Gasteiger partial charge in [0.1, 0.15) is 0 Å². The second-order valence-corrected chi connectivity index (χ2v) is 5.81. The van der Waals surface area contributed by atoms with Crippen molar-refractivity contribution in [3.8, 4) is 0 Å². The third-order valence-corrected chi connectivity index (χ3v) is 4.08. The largest absolute Gasteiger partial charge is 0.466 e. The fourth-order valence-electron chi connectivity index (χ4n) is 1.90. The third kappa shape index (κ3) is 5.29. The Morgan fingerprint density at radius 3 is 2.61 bits per heavy atom. The number of hydrogen-bond acceptors (Lipinski definition) is 3. The SMILES string of the molecule is CCOC(=O)C1CC(I)C(OCCC(F)(F)F)C1. The quantitative estimate of drug-likeness (QED) is 0.418. The zero-order valence-corrected chi connectivity index (χ0v) is 12.2. The topological polar surface area (TPSA) is 35.5 Å². The average Bonchev–Trinajstić information content (AvgIpc) is 2.59. The number of rotatable bonds is 5. The van der Waals surface area contributed by atoms with E-state index in [1.165, 1.54) is 0 Å². The predicted octanol–water partition coefficient (Wildman–Crippen LogP) is 3.10. The molecule has 1 rings (SSSR count). The van der Waals surface area contributed by atoms with E-state index in [2.05, 4.69) is 22.6 Å². The summed E-state index contributed by atoms with van der Waals surface area (Å²) in [7, 11) is 0. The maximum Gasteiger partial charge on any atom is 0.391 e. The molecule has 1 saturated carbocycles. The van der Waals surface area contributed by atoms with Crippen molar-refractivity contribution in [2.24, 2.45) is 5.92 Å². The van der Waals surface area contributed by atoms with Gasteiger partial charge in [-0.05, 0) is 19.8 Å². The van der Waals surface area contributed by atoms with E-state index in [9.17, 15) is 18.0 Å². The number of hydrogen-bond donors (Lipinski definition) is 0. The highest BCUT2D eigenvalue weighted by Crippen LogP contribution is 2.35. The molecule has 0 heterocycles. The van der Waals surface area contributed by atoms with E-state index in [1.54, 1.807) is 6.92 Å². The Morgan fingerprint density at radius 1 is 1.39 bits per heavy atom. The highest BCUT2D eigenvalue weighted by molar-refractivity contribution is 14.1. The van der Waals surface area contributed by atoms with Crippen LogP contribution in [-0.4, -0.2) is 35.4 Å². The molecule has 18 heavy (non-hydrogen) atoms. The molecule has 1 fully saturated rings. The zero-order valence-electron chi connectivity index (χ0n) is 10.0. The van der Waals surface area contributed by atoms with E-state index in [1.807, 2.05) is 0 Å². The van der Waals surface area contributed by atoms with Gasteiger partial charge in [-0.15, -0.1) is 0 Å². The van der Waals surface area contributed by atoms with Crippen LogP contribution in [0.25, 0.3) is 0 Å². The number of carbonyl (C=O) groups excluding carboxylic acids is 1. The fraction of sp³-hybridized carbons (Fsp3) is 0.909. The highest BCUT2D eigenvalue weighted by Gasteiger charge is 2.38. The molecular formula is C11H16F3IO3. The minimum atomic E-state index is -4.19. The summed E-state index contributed by atoms with van der Waals surface area (Å²) in [6.07, 6.45) is -4.38. The molecule has 0 aliphatic heterocycles. The van der Waals surface area contributed by atoms with E-state index >= 15 is 0 Å². The second kappa shape index (κ2) is 6.93. The normalized spacial score (nSPS) is 28.4. The van der Waals surface area contributed by atoms with Gasteiger partial charge in [0.2, 0.25) is 0 Å². The first kappa shape index (κ1) is 16.0. The summed E-state index contributed by atoms with van der Waals surface area (Å²) in [5.74, 6) is -0.524. The molecule has 0 aromatic heterocycles. The van der Waals surface area contributed by atoms with Crippen LogP contribution in [0.5, 0.6) is 0 Å². The summed E-state index contributed by atoms with van der Waals surface area (Å²) in [5.41, 5.74) is 0. The van der Waals surface area contributed by atoms with Crippen molar-refractivity contribution in [3.63, 3.8) is 0 Å². The first-order chi connectivity index (χ1) is 8.33. The van der Waals surface area contributed by atoms with E-state index < -0.39 is 12.6 Å². The lowest BCUT2D eigenvalue weighted by Gasteiger charge is -2.15. The molecule has 3 atom stereocenters. The molecule has 1 aliphatic rings. The Hall–Kier alpha value is -0.0500. The summed E-state index contributed by atoms with van der Waals surface area (Å²) in [6, 6.07) is 0. The number of esters is 1. The molecule has 3 unspecified atom stereocenters. The van der Waals surface area contributed by atoms with Gasteiger partial charge in [-0.3, -0.25) is 4.79 Å². The Balaban J connectivity index is 2.33.